The van der Waals surface area contributed by atoms with Crippen LogP contribution >= 0.6 is 11.3 Å². The molecule has 0 aromatic carbocycles. The van der Waals surface area contributed by atoms with Gasteiger partial charge in [0.15, 0.2) is 0 Å². The highest BCUT2D eigenvalue weighted by molar-refractivity contribution is 7.16. The number of hydrogen-bond donors (Lipinski definition) is 1. The SMILES string of the molecule is NCc1nccc2scnc12. The largest absolute Gasteiger partial charge is 0.325 e. The number of nitrogens with zero attached hydrogens (tertiary/aromatic N) is 2. The molecular formula is C7H7N3S. The summed E-state index contributed by atoms with van der Waals surface area (Å²) in [6.45, 7) is 0.459. The van der Waals surface area contributed by atoms with E-state index in [0.717, 1.165) is 15.9 Å². The van der Waals surface area contributed by atoms with Crippen molar-refractivity contribution in [1.82, 2.24) is 9.97 Å². The molecule has 4 heteroatoms. The number of aromatic nitrogens is 2. The van der Waals surface area contributed by atoms with Gasteiger partial charge in [0, 0.05) is 12.7 Å². The second-order valence-electron chi connectivity index (χ2n) is 2.16. The van der Waals surface area contributed by atoms with Crippen molar-refractivity contribution < 1.29 is 0 Å². The summed E-state index contributed by atoms with van der Waals surface area (Å²) in [5.74, 6) is 0. The zero-order valence-electron chi connectivity index (χ0n) is 5.82. The van der Waals surface area contributed by atoms with Crippen LogP contribution in [0.5, 0.6) is 0 Å². The quantitative estimate of drug-likeness (QED) is 0.689. The Bertz CT molecular complexity index is 368. The van der Waals surface area contributed by atoms with Gasteiger partial charge in [-0.15, -0.1) is 11.3 Å². The highest BCUT2D eigenvalue weighted by Gasteiger charge is 2.01. The van der Waals surface area contributed by atoms with E-state index in [1.165, 1.54) is 0 Å². The molecule has 0 amide bonds. The van der Waals surface area contributed by atoms with E-state index in [0.29, 0.717) is 6.54 Å². The first-order valence-corrected chi connectivity index (χ1v) is 4.17. The van der Waals surface area contributed by atoms with Gasteiger partial charge in [0.25, 0.3) is 0 Å². The van der Waals surface area contributed by atoms with Crippen LogP contribution in [-0.4, -0.2) is 9.97 Å². The number of fused-ring (bicyclic) bond motifs is 1. The Morgan fingerprint density at radius 1 is 1.45 bits per heavy atom. The number of nitrogens with two attached hydrogens (primary N) is 1. The van der Waals surface area contributed by atoms with Gasteiger partial charge in [-0.2, -0.15) is 0 Å². The third kappa shape index (κ3) is 1.00. The summed E-state index contributed by atoms with van der Waals surface area (Å²) in [5, 5.41) is 0. The van der Waals surface area contributed by atoms with Gasteiger partial charge in [0.2, 0.25) is 0 Å². The lowest BCUT2D eigenvalue weighted by atomic mass is 10.3. The first-order chi connectivity index (χ1) is 5.42. The average Bonchev–Trinajstić information content (AvgIpc) is 2.50. The lowest BCUT2D eigenvalue weighted by Gasteiger charge is -1.94. The summed E-state index contributed by atoms with van der Waals surface area (Å²) in [4.78, 5) is 8.28. The molecule has 3 nitrogen and oxygen atoms in total. The van der Waals surface area contributed by atoms with E-state index in [4.69, 9.17) is 5.73 Å². The third-order valence-electron chi connectivity index (χ3n) is 1.52. The molecule has 0 spiro atoms. The third-order valence-corrected chi connectivity index (χ3v) is 2.31. The minimum atomic E-state index is 0.459. The fraction of sp³-hybridized carbons (Fsp3) is 0.143. The molecule has 11 heavy (non-hydrogen) atoms. The summed E-state index contributed by atoms with van der Waals surface area (Å²) in [6, 6.07) is 1.95. The van der Waals surface area contributed by atoms with E-state index in [-0.39, 0.29) is 0 Å². The van der Waals surface area contributed by atoms with E-state index in [1.54, 1.807) is 17.5 Å². The number of hydrogen-bond acceptors (Lipinski definition) is 4. The van der Waals surface area contributed by atoms with Crippen molar-refractivity contribution in [2.45, 2.75) is 6.54 Å². The molecule has 2 rings (SSSR count). The van der Waals surface area contributed by atoms with Gasteiger partial charge in [-0.25, -0.2) is 4.98 Å². The molecule has 0 saturated carbocycles. The maximum atomic E-state index is 5.48. The van der Waals surface area contributed by atoms with E-state index in [2.05, 4.69) is 9.97 Å². The van der Waals surface area contributed by atoms with Crippen LogP contribution in [-0.2, 0) is 6.54 Å². The smallest absolute Gasteiger partial charge is 0.104 e. The van der Waals surface area contributed by atoms with Crippen molar-refractivity contribution in [1.29, 1.82) is 0 Å². The van der Waals surface area contributed by atoms with Crippen LogP contribution in [0.15, 0.2) is 17.8 Å². The first kappa shape index (κ1) is 6.69. The van der Waals surface area contributed by atoms with Crippen molar-refractivity contribution in [3.05, 3.63) is 23.5 Å². The van der Waals surface area contributed by atoms with Crippen molar-refractivity contribution in [2.24, 2.45) is 5.73 Å². The number of rotatable bonds is 1. The Morgan fingerprint density at radius 3 is 3.18 bits per heavy atom. The van der Waals surface area contributed by atoms with Crippen LogP contribution in [0.25, 0.3) is 10.2 Å². The predicted octanol–water partition coefficient (Wildman–Crippen LogP) is 1.15. The number of pyridine rings is 1. The van der Waals surface area contributed by atoms with Crippen molar-refractivity contribution >= 4 is 21.6 Å². The van der Waals surface area contributed by atoms with E-state index in [9.17, 15) is 0 Å². The normalized spacial score (nSPS) is 10.6. The Labute approximate surface area is 67.9 Å². The molecule has 56 valence electrons. The van der Waals surface area contributed by atoms with Gasteiger partial charge in [-0.3, -0.25) is 4.98 Å². The van der Waals surface area contributed by atoms with Crippen molar-refractivity contribution in [3.63, 3.8) is 0 Å². The molecule has 0 atom stereocenters. The Hall–Kier alpha value is -1.00. The molecule has 2 aromatic rings. The van der Waals surface area contributed by atoms with Gasteiger partial charge < -0.3 is 5.73 Å². The Morgan fingerprint density at radius 2 is 2.36 bits per heavy atom. The Balaban J connectivity index is 2.79. The van der Waals surface area contributed by atoms with Crippen molar-refractivity contribution in [2.75, 3.05) is 0 Å². The van der Waals surface area contributed by atoms with Crippen LogP contribution in [0.1, 0.15) is 5.69 Å². The molecular weight excluding hydrogens is 158 g/mol. The van der Waals surface area contributed by atoms with Crippen LogP contribution in [0, 0.1) is 0 Å². The summed E-state index contributed by atoms with van der Waals surface area (Å²) >= 11 is 1.61. The van der Waals surface area contributed by atoms with Gasteiger partial charge in [-0.05, 0) is 6.07 Å². The molecule has 0 radical (unpaired) electrons. The fourth-order valence-corrected chi connectivity index (χ4v) is 1.69. The second kappa shape index (κ2) is 2.56. The maximum absolute atomic E-state index is 5.48. The second-order valence-corrected chi connectivity index (χ2v) is 3.05. The molecule has 2 heterocycles. The predicted molar refractivity (Wildman–Crippen MR) is 45.3 cm³/mol. The molecule has 0 fully saturated rings. The molecule has 0 aliphatic carbocycles. The minimum absolute atomic E-state index is 0.459. The highest BCUT2D eigenvalue weighted by atomic mass is 32.1. The maximum Gasteiger partial charge on any atom is 0.104 e. The van der Waals surface area contributed by atoms with Crippen LogP contribution in [0.4, 0.5) is 0 Å². The average molecular weight is 165 g/mol. The summed E-state index contributed by atoms with van der Waals surface area (Å²) < 4.78 is 1.15. The minimum Gasteiger partial charge on any atom is -0.325 e. The molecule has 0 saturated heterocycles. The molecule has 0 aliphatic rings. The Kier molecular flexibility index (Phi) is 1.56. The van der Waals surface area contributed by atoms with Crippen LogP contribution in [0.2, 0.25) is 0 Å². The lowest BCUT2D eigenvalue weighted by molar-refractivity contribution is 1.00. The zero-order valence-corrected chi connectivity index (χ0v) is 6.64. The van der Waals surface area contributed by atoms with Crippen LogP contribution < -0.4 is 5.73 Å². The fourth-order valence-electron chi connectivity index (χ4n) is 0.996. The van der Waals surface area contributed by atoms with E-state index in [1.807, 2.05) is 11.6 Å². The van der Waals surface area contributed by atoms with E-state index < -0.39 is 0 Å². The summed E-state index contributed by atoms with van der Waals surface area (Å²) in [6.07, 6.45) is 1.77. The molecule has 0 unspecified atom stereocenters. The van der Waals surface area contributed by atoms with Gasteiger partial charge in [-0.1, -0.05) is 0 Å². The zero-order chi connectivity index (χ0) is 7.68. The molecule has 2 aromatic heterocycles. The molecule has 2 N–H and O–H groups in total. The topological polar surface area (TPSA) is 51.8 Å². The molecule has 0 bridgehead atoms. The monoisotopic (exact) mass is 165 g/mol. The van der Waals surface area contributed by atoms with Crippen LogP contribution in [0.3, 0.4) is 0 Å². The summed E-state index contributed by atoms with van der Waals surface area (Å²) in [7, 11) is 0. The lowest BCUT2D eigenvalue weighted by Crippen LogP contribution is -1.99. The van der Waals surface area contributed by atoms with E-state index >= 15 is 0 Å². The molecule has 0 aliphatic heterocycles. The first-order valence-electron chi connectivity index (χ1n) is 3.29. The summed E-state index contributed by atoms with van der Waals surface area (Å²) in [5.41, 5.74) is 9.11. The number of thiazole rings is 1. The highest BCUT2D eigenvalue weighted by Crippen LogP contribution is 2.18. The van der Waals surface area contributed by atoms with Crippen molar-refractivity contribution in [3.8, 4) is 0 Å². The van der Waals surface area contributed by atoms with Gasteiger partial charge >= 0.3 is 0 Å². The standard InChI is InChI=1S/C7H7N3S/c8-3-5-7-6(1-2-9-5)11-4-10-7/h1-2,4H,3,8H2. The van der Waals surface area contributed by atoms with Gasteiger partial charge in [0.05, 0.1) is 15.9 Å². The van der Waals surface area contributed by atoms with Gasteiger partial charge in [0.1, 0.15) is 5.52 Å².